The zero-order valence-electron chi connectivity index (χ0n) is 11.3. The SMILES string of the molecule is CCOc1cc(N)cc(C(=O)Nc2ccc(Br)c(Cl)c2)c1. The van der Waals surface area contributed by atoms with Crippen molar-refractivity contribution in [3.05, 3.63) is 51.5 Å². The molecule has 0 saturated carbocycles. The number of halogens is 2. The van der Waals surface area contributed by atoms with Gasteiger partial charge in [-0.05, 0) is 53.2 Å². The number of rotatable bonds is 4. The molecule has 0 aliphatic heterocycles. The Hall–Kier alpha value is -1.72. The predicted octanol–water partition coefficient (Wildman–Crippen LogP) is 4.34. The number of nitrogens with two attached hydrogens (primary N) is 1. The van der Waals surface area contributed by atoms with Gasteiger partial charge in [0, 0.05) is 27.5 Å². The average molecular weight is 370 g/mol. The molecule has 110 valence electrons. The van der Waals surface area contributed by atoms with Crippen LogP contribution in [0.25, 0.3) is 0 Å². The third-order valence-corrected chi connectivity index (χ3v) is 3.91. The van der Waals surface area contributed by atoms with Crippen LogP contribution in [-0.4, -0.2) is 12.5 Å². The number of hydrogen-bond acceptors (Lipinski definition) is 3. The summed E-state index contributed by atoms with van der Waals surface area (Å²) in [6, 6.07) is 10.1. The summed E-state index contributed by atoms with van der Waals surface area (Å²) in [5, 5.41) is 3.29. The van der Waals surface area contributed by atoms with Crippen LogP contribution in [0, 0.1) is 0 Å². The van der Waals surface area contributed by atoms with Gasteiger partial charge in [-0.3, -0.25) is 4.79 Å². The molecule has 0 aliphatic carbocycles. The number of anilines is 2. The summed E-state index contributed by atoms with van der Waals surface area (Å²) >= 11 is 9.30. The molecular formula is C15H14BrClN2O2. The molecule has 1 amide bonds. The van der Waals surface area contributed by atoms with Gasteiger partial charge in [-0.15, -0.1) is 0 Å². The van der Waals surface area contributed by atoms with E-state index >= 15 is 0 Å². The number of ether oxygens (including phenoxy) is 1. The molecule has 2 aromatic rings. The maximum absolute atomic E-state index is 12.2. The lowest BCUT2D eigenvalue weighted by Gasteiger charge is -2.09. The molecule has 21 heavy (non-hydrogen) atoms. The number of benzene rings is 2. The molecule has 0 aliphatic rings. The van der Waals surface area contributed by atoms with E-state index in [-0.39, 0.29) is 5.91 Å². The number of amides is 1. The molecule has 4 nitrogen and oxygen atoms in total. The van der Waals surface area contributed by atoms with Crippen molar-refractivity contribution in [3.8, 4) is 5.75 Å². The van der Waals surface area contributed by atoms with Gasteiger partial charge in [0.05, 0.1) is 11.6 Å². The molecule has 0 fully saturated rings. The predicted molar refractivity (Wildman–Crippen MR) is 89.1 cm³/mol. The first-order valence-corrected chi connectivity index (χ1v) is 7.46. The number of nitrogen functional groups attached to an aromatic ring is 1. The largest absolute Gasteiger partial charge is 0.494 e. The zero-order valence-corrected chi connectivity index (χ0v) is 13.7. The molecule has 2 aromatic carbocycles. The summed E-state index contributed by atoms with van der Waals surface area (Å²) in [5.41, 5.74) is 7.28. The number of nitrogens with one attached hydrogen (secondary N) is 1. The Balaban J connectivity index is 2.21. The van der Waals surface area contributed by atoms with E-state index in [1.165, 1.54) is 0 Å². The topological polar surface area (TPSA) is 64.3 Å². The Kier molecular flexibility index (Phi) is 5.09. The van der Waals surface area contributed by atoms with Crippen molar-refractivity contribution in [1.29, 1.82) is 0 Å². The Morgan fingerprint density at radius 3 is 2.76 bits per heavy atom. The first-order chi connectivity index (χ1) is 9.99. The number of carbonyl (C=O) groups excluding carboxylic acids is 1. The van der Waals surface area contributed by atoms with Gasteiger partial charge in [0.25, 0.3) is 5.91 Å². The Labute approximate surface area is 136 Å². The van der Waals surface area contributed by atoms with E-state index < -0.39 is 0 Å². The van der Waals surface area contributed by atoms with Crippen molar-refractivity contribution < 1.29 is 9.53 Å². The summed E-state index contributed by atoms with van der Waals surface area (Å²) in [7, 11) is 0. The van der Waals surface area contributed by atoms with Gasteiger partial charge in [0.15, 0.2) is 0 Å². The van der Waals surface area contributed by atoms with Crippen molar-refractivity contribution >= 4 is 44.8 Å². The van der Waals surface area contributed by atoms with Crippen LogP contribution in [-0.2, 0) is 0 Å². The smallest absolute Gasteiger partial charge is 0.255 e. The Morgan fingerprint density at radius 1 is 1.33 bits per heavy atom. The molecule has 0 bridgehead atoms. The van der Waals surface area contributed by atoms with Crippen LogP contribution < -0.4 is 15.8 Å². The highest BCUT2D eigenvalue weighted by Gasteiger charge is 2.10. The molecule has 0 spiro atoms. The third-order valence-electron chi connectivity index (χ3n) is 2.68. The third kappa shape index (κ3) is 4.12. The molecule has 0 heterocycles. The van der Waals surface area contributed by atoms with E-state index in [9.17, 15) is 4.79 Å². The maximum atomic E-state index is 12.2. The van der Waals surface area contributed by atoms with E-state index in [2.05, 4.69) is 21.2 Å². The summed E-state index contributed by atoms with van der Waals surface area (Å²) in [6.45, 7) is 2.37. The van der Waals surface area contributed by atoms with Gasteiger partial charge in [-0.1, -0.05) is 11.6 Å². The first kappa shape index (κ1) is 15.7. The fourth-order valence-corrected chi connectivity index (χ4v) is 2.21. The van der Waals surface area contributed by atoms with Crippen LogP contribution in [0.15, 0.2) is 40.9 Å². The standard InChI is InChI=1S/C15H14BrClN2O2/c1-2-21-12-6-9(5-10(18)7-12)15(20)19-11-3-4-13(16)14(17)8-11/h3-8H,2,18H2,1H3,(H,19,20). The van der Waals surface area contributed by atoms with Gasteiger partial charge in [0.1, 0.15) is 5.75 Å². The second-order valence-electron chi connectivity index (χ2n) is 4.31. The highest BCUT2D eigenvalue weighted by atomic mass is 79.9. The lowest BCUT2D eigenvalue weighted by Crippen LogP contribution is -2.12. The van der Waals surface area contributed by atoms with E-state index in [1.54, 1.807) is 36.4 Å². The fourth-order valence-electron chi connectivity index (χ4n) is 1.78. The van der Waals surface area contributed by atoms with Crippen molar-refractivity contribution in [1.82, 2.24) is 0 Å². The molecule has 0 unspecified atom stereocenters. The number of hydrogen-bond donors (Lipinski definition) is 2. The van der Waals surface area contributed by atoms with Crippen molar-refractivity contribution in [2.45, 2.75) is 6.92 Å². The molecular weight excluding hydrogens is 356 g/mol. The maximum Gasteiger partial charge on any atom is 0.255 e. The normalized spacial score (nSPS) is 10.2. The average Bonchev–Trinajstić information content (AvgIpc) is 2.42. The van der Waals surface area contributed by atoms with E-state index in [4.69, 9.17) is 22.1 Å². The van der Waals surface area contributed by atoms with Gasteiger partial charge >= 0.3 is 0 Å². The lowest BCUT2D eigenvalue weighted by atomic mass is 10.1. The van der Waals surface area contributed by atoms with E-state index in [0.717, 1.165) is 4.47 Å². The van der Waals surface area contributed by atoms with E-state index in [0.29, 0.717) is 34.3 Å². The molecule has 0 aromatic heterocycles. The highest BCUT2D eigenvalue weighted by Crippen LogP contribution is 2.26. The van der Waals surface area contributed by atoms with Crippen LogP contribution in [0.1, 0.15) is 17.3 Å². The van der Waals surface area contributed by atoms with Crippen LogP contribution in [0.4, 0.5) is 11.4 Å². The molecule has 2 rings (SSSR count). The quantitative estimate of drug-likeness (QED) is 0.788. The van der Waals surface area contributed by atoms with Crippen molar-refractivity contribution in [3.63, 3.8) is 0 Å². The van der Waals surface area contributed by atoms with Crippen LogP contribution in [0.3, 0.4) is 0 Å². The van der Waals surface area contributed by atoms with Crippen molar-refractivity contribution in [2.24, 2.45) is 0 Å². The second kappa shape index (κ2) is 6.83. The van der Waals surface area contributed by atoms with Crippen LogP contribution >= 0.6 is 27.5 Å². The van der Waals surface area contributed by atoms with Gasteiger partial charge in [0.2, 0.25) is 0 Å². The molecule has 0 saturated heterocycles. The van der Waals surface area contributed by atoms with Crippen molar-refractivity contribution in [2.75, 3.05) is 17.7 Å². The molecule has 0 atom stereocenters. The monoisotopic (exact) mass is 368 g/mol. The molecule has 3 N–H and O–H groups in total. The summed E-state index contributed by atoms with van der Waals surface area (Å²) in [4.78, 5) is 12.2. The Bertz CT molecular complexity index is 677. The Morgan fingerprint density at radius 2 is 2.10 bits per heavy atom. The first-order valence-electron chi connectivity index (χ1n) is 6.29. The fraction of sp³-hybridized carbons (Fsp3) is 0.133. The van der Waals surface area contributed by atoms with Crippen LogP contribution in [0.5, 0.6) is 5.75 Å². The molecule has 0 radical (unpaired) electrons. The highest BCUT2D eigenvalue weighted by molar-refractivity contribution is 9.10. The summed E-state index contributed by atoms with van der Waals surface area (Å²) in [5.74, 6) is 0.290. The van der Waals surface area contributed by atoms with E-state index in [1.807, 2.05) is 6.92 Å². The minimum absolute atomic E-state index is 0.276. The summed E-state index contributed by atoms with van der Waals surface area (Å²) in [6.07, 6.45) is 0. The summed E-state index contributed by atoms with van der Waals surface area (Å²) < 4.78 is 6.14. The van der Waals surface area contributed by atoms with Gasteiger partial charge in [-0.2, -0.15) is 0 Å². The minimum Gasteiger partial charge on any atom is -0.494 e. The second-order valence-corrected chi connectivity index (χ2v) is 5.57. The van der Waals surface area contributed by atoms with Gasteiger partial charge in [-0.25, -0.2) is 0 Å². The molecule has 6 heteroatoms. The zero-order chi connectivity index (χ0) is 15.4. The lowest BCUT2D eigenvalue weighted by molar-refractivity contribution is 0.102. The number of carbonyl (C=O) groups is 1. The van der Waals surface area contributed by atoms with Gasteiger partial charge < -0.3 is 15.8 Å². The van der Waals surface area contributed by atoms with Crippen LogP contribution in [0.2, 0.25) is 5.02 Å². The minimum atomic E-state index is -0.276.